The van der Waals surface area contributed by atoms with Crippen molar-refractivity contribution < 1.29 is 4.79 Å². The number of anilines is 1. The van der Waals surface area contributed by atoms with Crippen LogP contribution in [0.4, 0.5) is 5.13 Å². The van der Waals surface area contributed by atoms with Crippen molar-refractivity contribution in [2.45, 2.75) is 0 Å². The van der Waals surface area contributed by atoms with E-state index < -0.39 is 0 Å². The molecule has 0 radical (unpaired) electrons. The zero-order valence-corrected chi connectivity index (χ0v) is 18.3. The Kier molecular flexibility index (Phi) is 4.92. The molecule has 0 unspecified atom stereocenters. The Morgan fingerprint density at radius 2 is 1.94 bits per heavy atom. The summed E-state index contributed by atoms with van der Waals surface area (Å²) in [5.41, 5.74) is 2.97. The Balaban J connectivity index is 1.46. The van der Waals surface area contributed by atoms with Gasteiger partial charge in [0.25, 0.3) is 5.91 Å². The molecule has 0 saturated carbocycles. The van der Waals surface area contributed by atoms with E-state index in [1.54, 1.807) is 22.5 Å². The van der Waals surface area contributed by atoms with Crippen molar-refractivity contribution in [3.8, 4) is 32.5 Å². The molecule has 0 atom stereocenters. The van der Waals surface area contributed by atoms with Crippen molar-refractivity contribution in [2.75, 3.05) is 5.32 Å². The van der Waals surface area contributed by atoms with Gasteiger partial charge in [0.1, 0.15) is 10.7 Å². The van der Waals surface area contributed by atoms with Crippen molar-refractivity contribution in [1.82, 2.24) is 29.3 Å². The first-order chi connectivity index (χ1) is 15.1. The molecule has 1 N–H and O–H groups in total. The Labute approximate surface area is 185 Å². The maximum Gasteiger partial charge on any atom is 0.276 e. The zero-order chi connectivity index (χ0) is 21.4. The lowest BCUT2D eigenvalue weighted by Gasteiger charge is -2.02. The van der Waals surface area contributed by atoms with E-state index in [0.29, 0.717) is 10.8 Å². The summed E-state index contributed by atoms with van der Waals surface area (Å²) in [5, 5.41) is 10.0. The van der Waals surface area contributed by atoms with Gasteiger partial charge in [-0.1, -0.05) is 41.7 Å². The number of hydrogen-bond acceptors (Lipinski definition) is 7. The lowest BCUT2D eigenvalue weighted by molar-refractivity contribution is 0.102. The lowest BCUT2D eigenvalue weighted by Crippen LogP contribution is -2.12. The van der Waals surface area contributed by atoms with Crippen LogP contribution in [0.25, 0.3) is 32.5 Å². The average molecular weight is 448 g/mol. The summed E-state index contributed by atoms with van der Waals surface area (Å²) in [6, 6.07) is 9.87. The molecule has 0 bridgehead atoms. The third-order valence-electron chi connectivity index (χ3n) is 4.61. The van der Waals surface area contributed by atoms with E-state index in [1.807, 2.05) is 61.4 Å². The predicted molar refractivity (Wildman–Crippen MR) is 122 cm³/mol. The van der Waals surface area contributed by atoms with Gasteiger partial charge in [-0.3, -0.25) is 14.8 Å². The number of carbonyl (C=O) groups excluding carboxylic acids is 1. The molecule has 5 aromatic rings. The number of benzene rings is 1. The molecule has 4 aromatic heterocycles. The molecular formula is C21H17N7OS2. The molecule has 0 spiro atoms. The van der Waals surface area contributed by atoms with Crippen LogP contribution in [0.1, 0.15) is 10.5 Å². The van der Waals surface area contributed by atoms with Gasteiger partial charge in [-0.05, 0) is 0 Å². The second kappa shape index (κ2) is 7.89. The molecule has 0 aliphatic carbocycles. The van der Waals surface area contributed by atoms with Crippen LogP contribution in [0.2, 0.25) is 0 Å². The van der Waals surface area contributed by atoms with Crippen LogP contribution in [-0.4, -0.2) is 35.2 Å². The summed E-state index contributed by atoms with van der Waals surface area (Å²) in [7, 11) is 3.78. The molecule has 0 fully saturated rings. The van der Waals surface area contributed by atoms with Crippen LogP contribution in [0.5, 0.6) is 0 Å². The number of amides is 1. The third-order valence-corrected chi connectivity index (χ3v) is 6.47. The van der Waals surface area contributed by atoms with E-state index in [2.05, 4.69) is 20.4 Å². The van der Waals surface area contributed by atoms with Gasteiger partial charge < -0.3 is 4.57 Å². The van der Waals surface area contributed by atoms with Gasteiger partial charge in [0.15, 0.2) is 11.0 Å². The van der Waals surface area contributed by atoms with Crippen LogP contribution in [0.3, 0.4) is 0 Å². The monoisotopic (exact) mass is 447 g/mol. The van der Waals surface area contributed by atoms with E-state index in [4.69, 9.17) is 4.98 Å². The van der Waals surface area contributed by atoms with Gasteiger partial charge in [0, 0.05) is 49.2 Å². The van der Waals surface area contributed by atoms with Gasteiger partial charge in [-0.2, -0.15) is 5.10 Å². The average Bonchev–Trinajstić information content (AvgIpc) is 3.55. The van der Waals surface area contributed by atoms with Crippen LogP contribution < -0.4 is 5.32 Å². The smallest absolute Gasteiger partial charge is 0.276 e. The topological polar surface area (TPSA) is 90.5 Å². The van der Waals surface area contributed by atoms with Crippen LogP contribution >= 0.6 is 22.7 Å². The van der Waals surface area contributed by atoms with E-state index >= 15 is 0 Å². The summed E-state index contributed by atoms with van der Waals surface area (Å²) in [4.78, 5) is 27.4. The van der Waals surface area contributed by atoms with Gasteiger partial charge >= 0.3 is 0 Å². The zero-order valence-electron chi connectivity index (χ0n) is 16.7. The Morgan fingerprint density at radius 1 is 1.10 bits per heavy atom. The molecule has 5 rings (SSSR count). The fraction of sp³-hybridized carbons (Fsp3) is 0.0952. The molecular weight excluding hydrogens is 430 g/mol. The lowest BCUT2D eigenvalue weighted by atomic mass is 10.1. The fourth-order valence-electron chi connectivity index (χ4n) is 3.10. The number of aryl methyl sites for hydroxylation is 2. The molecule has 0 aliphatic heterocycles. The van der Waals surface area contributed by atoms with Crippen LogP contribution in [-0.2, 0) is 14.1 Å². The summed E-state index contributed by atoms with van der Waals surface area (Å²) < 4.78 is 3.64. The van der Waals surface area contributed by atoms with Gasteiger partial charge in [-0.25, -0.2) is 15.0 Å². The van der Waals surface area contributed by atoms with Crippen molar-refractivity contribution in [2.24, 2.45) is 14.1 Å². The molecule has 1 amide bonds. The molecule has 1 aromatic carbocycles. The van der Waals surface area contributed by atoms with Gasteiger partial charge in [-0.15, -0.1) is 11.3 Å². The summed E-state index contributed by atoms with van der Waals surface area (Å²) in [5.74, 6) is 0.496. The highest BCUT2D eigenvalue weighted by atomic mass is 32.1. The predicted octanol–water partition coefficient (Wildman–Crippen LogP) is 4.32. The number of nitrogens with zero attached hydrogens (tertiary/aromatic N) is 6. The quantitative estimate of drug-likeness (QED) is 0.433. The van der Waals surface area contributed by atoms with Crippen LogP contribution in [0.15, 0.2) is 60.5 Å². The highest BCUT2D eigenvalue weighted by molar-refractivity contribution is 7.19. The highest BCUT2D eigenvalue weighted by Crippen LogP contribution is 2.38. The third kappa shape index (κ3) is 3.78. The number of imidazole rings is 1. The molecule has 4 heterocycles. The van der Waals surface area contributed by atoms with E-state index in [0.717, 1.165) is 32.5 Å². The SMILES string of the molecule is Cn1cc(-c2nc(C(=O)Nc3nc(-c4ccccc4)c(-c4nccn4C)s3)cs2)cn1. The number of nitrogens with one attached hydrogen (secondary N) is 1. The van der Waals surface area contributed by atoms with Gasteiger partial charge in [0.05, 0.1) is 16.8 Å². The molecule has 10 heteroatoms. The summed E-state index contributed by atoms with van der Waals surface area (Å²) >= 11 is 2.80. The first-order valence-corrected chi connectivity index (χ1v) is 11.1. The number of aromatic nitrogens is 6. The Bertz CT molecular complexity index is 1360. The number of carbonyl (C=O) groups is 1. The Hall–Kier alpha value is -3.63. The summed E-state index contributed by atoms with van der Waals surface area (Å²) in [6.45, 7) is 0. The normalized spacial score (nSPS) is 11.0. The van der Waals surface area contributed by atoms with Crippen molar-refractivity contribution >= 4 is 33.7 Å². The standard InChI is InChI=1S/C21H17N7OS2/c1-27-9-8-22-18(27)17-16(13-6-4-3-5-7-13)25-21(31-17)26-19(29)15-12-30-20(24-15)14-10-23-28(2)11-14/h3-12H,1-2H3,(H,25,26,29). The van der Waals surface area contributed by atoms with E-state index in [-0.39, 0.29) is 5.91 Å². The van der Waals surface area contributed by atoms with E-state index in [9.17, 15) is 4.79 Å². The second-order valence-electron chi connectivity index (χ2n) is 6.82. The highest BCUT2D eigenvalue weighted by Gasteiger charge is 2.20. The first-order valence-electron chi connectivity index (χ1n) is 9.38. The minimum atomic E-state index is -0.300. The van der Waals surface area contributed by atoms with Crippen molar-refractivity contribution in [3.05, 3.63) is 66.2 Å². The van der Waals surface area contributed by atoms with Crippen LogP contribution in [0, 0.1) is 0 Å². The maximum absolute atomic E-state index is 12.8. The second-order valence-corrected chi connectivity index (χ2v) is 8.68. The number of hydrogen-bond donors (Lipinski definition) is 1. The molecule has 8 nitrogen and oxygen atoms in total. The minimum absolute atomic E-state index is 0.300. The maximum atomic E-state index is 12.8. The molecule has 0 saturated heterocycles. The van der Waals surface area contributed by atoms with Crippen molar-refractivity contribution in [1.29, 1.82) is 0 Å². The molecule has 0 aliphatic rings. The van der Waals surface area contributed by atoms with E-state index in [1.165, 1.54) is 22.7 Å². The summed E-state index contributed by atoms with van der Waals surface area (Å²) in [6.07, 6.45) is 7.23. The van der Waals surface area contributed by atoms with Gasteiger partial charge in [0.2, 0.25) is 0 Å². The molecule has 154 valence electrons. The fourth-order valence-corrected chi connectivity index (χ4v) is 4.90. The minimum Gasteiger partial charge on any atom is -0.333 e. The number of thiazole rings is 2. The first kappa shape index (κ1) is 19.3. The molecule has 31 heavy (non-hydrogen) atoms. The Morgan fingerprint density at radius 3 is 2.65 bits per heavy atom. The van der Waals surface area contributed by atoms with Crippen molar-refractivity contribution in [3.63, 3.8) is 0 Å². The number of rotatable bonds is 5. The largest absolute Gasteiger partial charge is 0.333 e.